The van der Waals surface area contributed by atoms with E-state index in [1.807, 2.05) is 83.8 Å². The summed E-state index contributed by atoms with van der Waals surface area (Å²) in [7, 11) is 1.61. The number of thioether (sulfide) groups is 1. The minimum Gasteiger partial charge on any atom is -0.497 e. The molecule has 3 aromatic carbocycles. The molecule has 2 amide bonds. The summed E-state index contributed by atoms with van der Waals surface area (Å²) in [4.78, 5) is 14.8. The predicted octanol–water partition coefficient (Wildman–Crippen LogP) is 5.77. The molecule has 0 bridgehead atoms. The Kier molecular flexibility index (Phi) is 5.91. The number of nitrogens with zero attached hydrogens (tertiary/aromatic N) is 1. The number of amides is 2. The molecule has 4 rings (SSSR count). The Labute approximate surface area is 174 Å². The Bertz CT molecular complexity index is 981. The van der Waals surface area contributed by atoms with Crippen molar-refractivity contribution < 1.29 is 14.3 Å². The number of carbonyl (C=O) groups is 1. The second kappa shape index (κ2) is 8.92. The van der Waals surface area contributed by atoms with Crippen molar-refractivity contribution >= 4 is 23.5 Å². The van der Waals surface area contributed by atoms with Crippen molar-refractivity contribution in [2.45, 2.75) is 5.37 Å². The van der Waals surface area contributed by atoms with Gasteiger partial charge in [-0.25, -0.2) is 4.79 Å². The summed E-state index contributed by atoms with van der Waals surface area (Å²) >= 11 is 1.75. The zero-order valence-electron chi connectivity index (χ0n) is 16.1. The van der Waals surface area contributed by atoms with Gasteiger partial charge in [0.2, 0.25) is 0 Å². The summed E-state index contributed by atoms with van der Waals surface area (Å²) in [5, 5.41) is 2.92. The zero-order chi connectivity index (χ0) is 20.1. The first-order valence-corrected chi connectivity index (χ1v) is 10.4. The van der Waals surface area contributed by atoms with Crippen LogP contribution in [0.3, 0.4) is 0 Å². The molecular weight excluding hydrogens is 384 g/mol. The SMILES string of the molecule is COc1cccc(NC(=O)N2CCS[C@@H]2c2cccc(Oc3ccccc3)c2)c1. The van der Waals surface area contributed by atoms with E-state index in [1.54, 1.807) is 18.9 Å². The molecule has 1 aliphatic rings. The highest BCUT2D eigenvalue weighted by atomic mass is 32.2. The molecule has 1 heterocycles. The lowest BCUT2D eigenvalue weighted by molar-refractivity contribution is 0.214. The molecule has 0 aliphatic carbocycles. The summed E-state index contributed by atoms with van der Waals surface area (Å²) in [6, 6.07) is 24.9. The molecule has 1 fully saturated rings. The molecule has 3 aromatic rings. The van der Waals surface area contributed by atoms with Crippen LogP contribution >= 0.6 is 11.8 Å². The van der Waals surface area contributed by atoms with E-state index in [-0.39, 0.29) is 11.4 Å². The van der Waals surface area contributed by atoms with Gasteiger partial charge in [0.25, 0.3) is 0 Å². The first-order valence-electron chi connectivity index (χ1n) is 9.39. The number of ether oxygens (including phenoxy) is 2. The molecule has 0 saturated carbocycles. The molecule has 29 heavy (non-hydrogen) atoms. The van der Waals surface area contributed by atoms with Gasteiger partial charge in [0, 0.05) is 24.1 Å². The molecular formula is C23H22N2O3S. The summed E-state index contributed by atoms with van der Waals surface area (Å²) in [5.74, 6) is 3.14. The molecule has 148 valence electrons. The molecule has 5 nitrogen and oxygen atoms in total. The van der Waals surface area contributed by atoms with Crippen LogP contribution in [-0.2, 0) is 0 Å². The average Bonchev–Trinajstić information content (AvgIpc) is 3.25. The van der Waals surface area contributed by atoms with E-state index in [2.05, 4.69) is 5.32 Å². The molecule has 0 radical (unpaired) electrons. The normalized spacial score (nSPS) is 15.8. The third-order valence-electron chi connectivity index (χ3n) is 4.60. The third kappa shape index (κ3) is 4.66. The molecule has 0 aromatic heterocycles. The van der Waals surface area contributed by atoms with E-state index in [4.69, 9.17) is 9.47 Å². The summed E-state index contributed by atoms with van der Waals surface area (Å²) in [5.41, 5.74) is 1.76. The highest BCUT2D eigenvalue weighted by Crippen LogP contribution is 2.39. The van der Waals surface area contributed by atoms with Gasteiger partial charge >= 0.3 is 6.03 Å². The highest BCUT2D eigenvalue weighted by molar-refractivity contribution is 7.99. The maximum absolute atomic E-state index is 12.9. The Morgan fingerprint density at radius 1 is 0.966 bits per heavy atom. The smallest absolute Gasteiger partial charge is 0.323 e. The second-order valence-corrected chi connectivity index (χ2v) is 7.75. The van der Waals surface area contributed by atoms with Crippen molar-refractivity contribution in [1.82, 2.24) is 4.90 Å². The summed E-state index contributed by atoms with van der Waals surface area (Å²) in [6.45, 7) is 0.689. The van der Waals surface area contributed by atoms with Crippen molar-refractivity contribution in [1.29, 1.82) is 0 Å². The lowest BCUT2D eigenvalue weighted by Gasteiger charge is -2.25. The molecule has 1 aliphatic heterocycles. The molecule has 6 heteroatoms. The summed E-state index contributed by atoms with van der Waals surface area (Å²) < 4.78 is 11.2. The van der Waals surface area contributed by atoms with Crippen LogP contribution in [-0.4, -0.2) is 30.3 Å². The summed E-state index contributed by atoms with van der Waals surface area (Å²) in [6.07, 6.45) is 0. The van der Waals surface area contributed by atoms with Crippen LogP contribution in [0.25, 0.3) is 0 Å². The monoisotopic (exact) mass is 406 g/mol. The van der Waals surface area contributed by atoms with Crippen molar-refractivity contribution in [2.75, 3.05) is 24.7 Å². The third-order valence-corrected chi connectivity index (χ3v) is 5.86. The Hall–Kier alpha value is -3.12. The van der Waals surface area contributed by atoms with Crippen LogP contribution in [0.5, 0.6) is 17.2 Å². The minimum absolute atomic E-state index is 0.0556. The van der Waals surface area contributed by atoms with Gasteiger partial charge in [-0.15, -0.1) is 11.8 Å². The number of methoxy groups -OCH3 is 1. The van der Waals surface area contributed by atoms with E-state index in [0.29, 0.717) is 18.0 Å². The Morgan fingerprint density at radius 2 is 1.72 bits per heavy atom. The lowest BCUT2D eigenvalue weighted by atomic mass is 10.2. The van der Waals surface area contributed by atoms with E-state index in [0.717, 1.165) is 22.8 Å². The van der Waals surface area contributed by atoms with Crippen molar-refractivity contribution in [3.63, 3.8) is 0 Å². The predicted molar refractivity (Wildman–Crippen MR) is 117 cm³/mol. The van der Waals surface area contributed by atoms with E-state index in [9.17, 15) is 4.79 Å². The van der Waals surface area contributed by atoms with Crippen LogP contribution < -0.4 is 14.8 Å². The van der Waals surface area contributed by atoms with E-state index < -0.39 is 0 Å². The number of anilines is 1. The van der Waals surface area contributed by atoms with Gasteiger partial charge < -0.3 is 19.7 Å². The molecule has 1 saturated heterocycles. The van der Waals surface area contributed by atoms with Gasteiger partial charge in [-0.2, -0.15) is 0 Å². The van der Waals surface area contributed by atoms with Gasteiger partial charge in [0.05, 0.1) is 7.11 Å². The number of benzene rings is 3. The van der Waals surface area contributed by atoms with Crippen LogP contribution in [0.2, 0.25) is 0 Å². The lowest BCUT2D eigenvalue weighted by Crippen LogP contribution is -2.34. The Morgan fingerprint density at radius 3 is 2.55 bits per heavy atom. The van der Waals surface area contributed by atoms with Crippen LogP contribution in [0.4, 0.5) is 10.5 Å². The van der Waals surface area contributed by atoms with E-state index in [1.165, 1.54) is 0 Å². The maximum Gasteiger partial charge on any atom is 0.323 e. The highest BCUT2D eigenvalue weighted by Gasteiger charge is 2.31. The van der Waals surface area contributed by atoms with Crippen LogP contribution in [0.1, 0.15) is 10.9 Å². The van der Waals surface area contributed by atoms with Gasteiger partial charge in [0.1, 0.15) is 22.6 Å². The van der Waals surface area contributed by atoms with Gasteiger partial charge in [-0.3, -0.25) is 0 Å². The standard InChI is InChI=1S/C23H22N2O3S/c1-27-20-11-6-8-18(16-20)24-23(26)25-13-14-29-22(25)17-7-5-12-21(15-17)28-19-9-3-2-4-10-19/h2-12,15-16,22H,13-14H2,1H3,(H,24,26)/t22-/m1/s1. The molecule has 0 spiro atoms. The van der Waals surface area contributed by atoms with Gasteiger partial charge in [-0.05, 0) is 42.0 Å². The molecule has 1 N–H and O–H groups in total. The number of carbonyl (C=O) groups excluding carboxylic acids is 1. The van der Waals surface area contributed by atoms with Gasteiger partial charge in [0.15, 0.2) is 0 Å². The number of nitrogens with one attached hydrogen (secondary N) is 1. The van der Waals surface area contributed by atoms with Crippen LogP contribution in [0, 0.1) is 0 Å². The maximum atomic E-state index is 12.9. The number of hydrogen-bond acceptors (Lipinski definition) is 4. The quantitative estimate of drug-likeness (QED) is 0.585. The fraction of sp³-hybridized carbons (Fsp3) is 0.174. The number of para-hydroxylation sites is 1. The van der Waals surface area contributed by atoms with Crippen molar-refractivity contribution in [2.24, 2.45) is 0 Å². The van der Waals surface area contributed by atoms with Crippen molar-refractivity contribution in [3.05, 3.63) is 84.4 Å². The van der Waals surface area contributed by atoms with Crippen LogP contribution in [0.15, 0.2) is 78.9 Å². The topological polar surface area (TPSA) is 50.8 Å². The van der Waals surface area contributed by atoms with Gasteiger partial charge in [-0.1, -0.05) is 36.4 Å². The fourth-order valence-corrected chi connectivity index (χ4v) is 4.45. The number of rotatable bonds is 5. The fourth-order valence-electron chi connectivity index (χ4n) is 3.21. The minimum atomic E-state index is -0.123. The number of hydrogen-bond donors (Lipinski definition) is 1. The number of urea groups is 1. The largest absolute Gasteiger partial charge is 0.497 e. The molecule has 0 unspecified atom stereocenters. The first kappa shape index (κ1) is 19.2. The first-order chi connectivity index (χ1) is 14.2. The van der Waals surface area contributed by atoms with Crippen molar-refractivity contribution in [3.8, 4) is 17.2 Å². The molecule has 1 atom stereocenters. The Balaban J connectivity index is 1.49. The van der Waals surface area contributed by atoms with E-state index >= 15 is 0 Å². The average molecular weight is 407 g/mol. The second-order valence-electron chi connectivity index (χ2n) is 6.57. The zero-order valence-corrected chi connectivity index (χ0v) is 16.9.